The molecule has 0 fully saturated rings. The Morgan fingerprint density at radius 1 is 1.04 bits per heavy atom. The van der Waals surface area contributed by atoms with E-state index in [9.17, 15) is 4.79 Å². The van der Waals surface area contributed by atoms with Crippen LogP contribution < -0.4 is 5.32 Å². The van der Waals surface area contributed by atoms with Gasteiger partial charge in [0.25, 0.3) is 5.91 Å². The van der Waals surface area contributed by atoms with Gasteiger partial charge in [-0.25, -0.2) is 15.0 Å². The fourth-order valence-electron chi connectivity index (χ4n) is 1.92. The maximum atomic E-state index is 11.5. The number of hydrogen-bond donors (Lipinski definition) is 1. The number of nitrogens with one attached hydrogen (secondary N) is 1. The normalized spacial score (nSPS) is 10.8. The van der Waals surface area contributed by atoms with Crippen molar-refractivity contribution in [3.8, 4) is 11.4 Å². The third-order valence-corrected chi connectivity index (χ3v) is 4.06. The molecule has 3 rings (SSSR count). The van der Waals surface area contributed by atoms with Gasteiger partial charge in [-0.2, -0.15) is 0 Å². The predicted octanol–water partition coefficient (Wildman–Crippen LogP) is 3.13. The second-order valence-electron chi connectivity index (χ2n) is 4.68. The summed E-state index contributed by atoms with van der Waals surface area (Å²) in [7, 11) is 1.60. The number of nitrogens with zero attached hydrogens (tertiary/aromatic N) is 3. The van der Waals surface area contributed by atoms with Gasteiger partial charge in [0.15, 0.2) is 5.82 Å². The molecule has 2 heterocycles. The summed E-state index contributed by atoms with van der Waals surface area (Å²) in [5.41, 5.74) is 1.86. The van der Waals surface area contributed by atoms with Gasteiger partial charge in [-0.3, -0.25) is 4.79 Å². The Labute approximate surface area is 137 Å². The van der Waals surface area contributed by atoms with E-state index in [4.69, 9.17) is 0 Å². The minimum atomic E-state index is -0.127. The lowest BCUT2D eigenvalue weighted by atomic mass is 10.2. The molecule has 0 bridgehead atoms. The Hall–Kier alpha value is -2.86. The number of hydrogen-bond acceptors (Lipinski definition) is 5. The molecular weight excluding hydrogens is 308 g/mol. The number of aromatic nitrogens is 3. The molecule has 0 aliphatic rings. The molecule has 0 spiro atoms. The number of rotatable bonds is 4. The summed E-state index contributed by atoms with van der Waals surface area (Å²) in [6.45, 7) is 0. The van der Waals surface area contributed by atoms with Crippen molar-refractivity contribution >= 4 is 29.4 Å². The lowest BCUT2D eigenvalue weighted by Gasteiger charge is -1.99. The predicted molar refractivity (Wildman–Crippen MR) is 91.9 cm³/mol. The Morgan fingerprint density at radius 2 is 1.78 bits per heavy atom. The molecule has 5 nitrogen and oxygen atoms in total. The number of thiazole rings is 1. The van der Waals surface area contributed by atoms with E-state index in [1.807, 2.05) is 42.5 Å². The Bertz CT molecular complexity index is 825. The Balaban J connectivity index is 1.73. The molecule has 1 amide bonds. The van der Waals surface area contributed by atoms with Crippen molar-refractivity contribution in [2.24, 2.45) is 0 Å². The van der Waals surface area contributed by atoms with Gasteiger partial charge >= 0.3 is 0 Å². The molecule has 6 heteroatoms. The zero-order valence-corrected chi connectivity index (χ0v) is 13.2. The van der Waals surface area contributed by atoms with Gasteiger partial charge < -0.3 is 5.32 Å². The summed E-state index contributed by atoms with van der Waals surface area (Å²) >= 11 is 1.33. The molecule has 0 saturated carbocycles. The van der Waals surface area contributed by atoms with E-state index in [-0.39, 0.29) is 5.91 Å². The van der Waals surface area contributed by atoms with Crippen LogP contribution in [0.2, 0.25) is 0 Å². The Morgan fingerprint density at radius 3 is 2.48 bits per heavy atom. The highest BCUT2D eigenvalue weighted by molar-refractivity contribution is 7.14. The molecule has 0 saturated heterocycles. The molecule has 0 aliphatic heterocycles. The van der Waals surface area contributed by atoms with Crippen LogP contribution in [0, 0.1) is 0 Å². The van der Waals surface area contributed by atoms with Crippen LogP contribution in [0.25, 0.3) is 23.5 Å². The molecular formula is C17H14N4OS. The summed E-state index contributed by atoms with van der Waals surface area (Å²) in [5.74, 6) is 0.566. The maximum absolute atomic E-state index is 11.5. The highest BCUT2D eigenvalue weighted by atomic mass is 32.1. The zero-order valence-electron chi connectivity index (χ0n) is 12.4. The van der Waals surface area contributed by atoms with Crippen molar-refractivity contribution in [3.05, 3.63) is 64.4 Å². The van der Waals surface area contributed by atoms with Crippen LogP contribution in [0.5, 0.6) is 0 Å². The lowest BCUT2D eigenvalue weighted by Crippen LogP contribution is -2.16. The van der Waals surface area contributed by atoms with Crippen molar-refractivity contribution in [1.82, 2.24) is 20.3 Å². The first-order valence-corrected chi connectivity index (χ1v) is 7.81. The quantitative estimate of drug-likeness (QED) is 0.801. The van der Waals surface area contributed by atoms with Crippen molar-refractivity contribution in [2.45, 2.75) is 0 Å². The average Bonchev–Trinajstić information content (AvgIpc) is 3.09. The van der Waals surface area contributed by atoms with Crippen LogP contribution >= 0.6 is 11.3 Å². The first-order valence-electron chi connectivity index (χ1n) is 7.00. The smallest absolute Gasteiger partial charge is 0.262 e. The molecule has 0 radical (unpaired) electrons. The highest BCUT2D eigenvalue weighted by Crippen LogP contribution is 2.17. The first kappa shape index (κ1) is 15.1. The van der Waals surface area contributed by atoms with Crippen LogP contribution in [0.4, 0.5) is 0 Å². The molecule has 114 valence electrons. The van der Waals surface area contributed by atoms with Gasteiger partial charge in [0.05, 0.1) is 6.20 Å². The van der Waals surface area contributed by atoms with Crippen molar-refractivity contribution < 1.29 is 4.79 Å². The van der Waals surface area contributed by atoms with Crippen LogP contribution in [0.3, 0.4) is 0 Å². The standard InChI is InChI=1S/C17H14N4OS/c1-18-17(22)14-11-19-15(23-14)8-7-12-9-20-16(21-10-12)13-5-3-2-4-6-13/h2-11H,1H3,(H,18,22)/b8-7+. The summed E-state index contributed by atoms with van der Waals surface area (Å²) in [5, 5.41) is 3.34. The molecule has 0 unspecified atom stereocenters. The van der Waals surface area contributed by atoms with E-state index in [1.54, 1.807) is 25.6 Å². The molecule has 1 N–H and O–H groups in total. The number of benzene rings is 1. The molecule has 3 aromatic rings. The fourth-order valence-corrected chi connectivity index (χ4v) is 2.69. The number of amides is 1. The largest absolute Gasteiger partial charge is 0.354 e. The van der Waals surface area contributed by atoms with Gasteiger partial charge in [0.1, 0.15) is 9.88 Å². The monoisotopic (exact) mass is 322 g/mol. The van der Waals surface area contributed by atoms with Gasteiger partial charge in [0, 0.05) is 30.6 Å². The summed E-state index contributed by atoms with van der Waals surface area (Å²) in [6.07, 6.45) is 8.82. The summed E-state index contributed by atoms with van der Waals surface area (Å²) < 4.78 is 0. The second-order valence-corrected chi connectivity index (χ2v) is 5.74. The van der Waals surface area contributed by atoms with E-state index in [0.29, 0.717) is 10.7 Å². The first-order chi connectivity index (χ1) is 11.3. The van der Waals surface area contributed by atoms with Crippen LogP contribution in [0.15, 0.2) is 48.9 Å². The third kappa shape index (κ3) is 3.67. The lowest BCUT2D eigenvalue weighted by molar-refractivity contribution is 0.0967. The van der Waals surface area contributed by atoms with E-state index in [1.165, 1.54) is 11.3 Å². The van der Waals surface area contributed by atoms with Crippen LogP contribution in [-0.4, -0.2) is 27.9 Å². The van der Waals surface area contributed by atoms with Crippen LogP contribution in [-0.2, 0) is 0 Å². The highest BCUT2D eigenvalue weighted by Gasteiger charge is 2.06. The zero-order chi connectivity index (χ0) is 16.1. The van der Waals surface area contributed by atoms with Crippen molar-refractivity contribution in [3.63, 3.8) is 0 Å². The molecule has 2 aromatic heterocycles. The summed E-state index contributed by atoms with van der Waals surface area (Å²) in [6, 6.07) is 9.82. The SMILES string of the molecule is CNC(=O)c1cnc(/C=C/c2cnc(-c3ccccc3)nc2)s1. The van der Waals surface area contributed by atoms with E-state index >= 15 is 0 Å². The average molecular weight is 322 g/mol. The Kier molecular flexibility index (Phi) is 4.54. The van der Waals surface area contributed by atoms with Crippen molar-refractivity contribution in [1.29, 1.82) is 0 Å². The van der Waals surface area contributed by atoms with Crippen LogP contribution in [0.1, 0.15) is 20.2 Å². The molecule has 0 aliphatic carbocycles. The topological polar surface area (TPSA) is 67.8 Å². The minimum absolute atomic E-state index is 0.127. The van der Waals surface area contributed by atoms with Gasteiger partial charge in [-0.1, -0.05) is 30.3 Å². The van der Waals surface area contributed by atoms with Gasteiger partial charge in [-0.15, -0.1) is 11.3 Å². The fraction of sp³-hybridized carbons (Fsp3) is 0.0588. The van der Waals surface area contributed by atoms with E-state index in [2.05, 4.69) is 20.3 Å². The van der Waals surface area contributed by atoms with E-state index < -0.39 is 0 Å². The molecule has 0 atom stereocenters. The van der Waals surface area contributed by atoms with Gasteiger partial charge in [0.2, 0.25) is 0 Å². The second kappa shape index (κ2) is 6.93. The van der Waals surface area contributed by atoms with Gasteiger partial charge in [-0.05, 0) is 12.2 Å². The molecule has 23 heavy (non-hydrogen) atoms. The minimum Gasteiger partial charge on any atom is -0.354 e. The van der Waals surface area contributed by atoms with Crippen molar-refractivity contribution in [2.75, 3.05) is 7.05 Å². The summed E-state index contributed by atoms with van der Waals surface area (Å²) in [4.78, 5) is 25.0. The number of carbonyl (C=O) groups is 1. The van der Waals surface area contributed by atoms with E-state index in [0.717, 1.165) is 16.1 Å². The molecule has 1 aromatic carbocycles. The third-order valence-electron chi connectivity index (χ3n) is 3.10. The maximum Gasteiger partial charge on any atom is 0.262 e. The number of carbonyl (C=O) groups excluding carboxylic acids is 1.